The Morgan fingerprint density at radius 2 is 1.89 bits per heavy atom. The molecule has 1 aromatic rings. The zero-order chi connectivity index (χ0) is 15.0. The standard InChI is InChI=1S/C12H19BrFNO2S2/c1-7(2)6-8-10(14)9(13)11(18-8)19(16,17)15-12(3,4)5/h7,15H,6H2,1-5H3. The first-order chi connectivity index (χ1) is 8.44. The molecule has 0 aliphatic rings. The highest BCUT2D eigenvalue weighted by Crippen LogP contribution is 2.36. The normalized spacial score (nSPS) is 13.3. The van der Waals surface area contributed by atoms with Gasteiger partial charge >= 0.3 is 0 Å². The van der Waals surface area contributed by atoms with E-state index in [1.165, 1.54) is 0 Å². The molecule has 3 nitrogen and oxygen atoms in total. The summed E-state index contributed by atoms with van der Waals surface area (Å²) in [4.78, 5) is 0.469. The Labute approximate surface area is 126 Å². The highest BCUT2D eigenvalue weighted by Gasteiger charge is 2.29. The summed E-state index contributed by atoms with van der Waals surface area (Å²) < 4.78 is 41.0. The lowest BCUT2D eigenvalue weighted by atomic mass is 10.1. The molecule has 1 N–H and O–H groups in total. The lowest BCUT2D eigenvalue weighted by Crippen LogP contribution is -2.40. The Balaban J connectivity index is 3.22. The van der Waals surface area contributed by atoms with Gasteiger partial charge in [-0.25, -0.2) is 17.5 Å². The number of hydrogen-bond acceptors (Lipinski definition) is 3. The zero-order valence-corrected chi connectivity index (χ0v) is 14.9. The lowest BCUT2D eigenvalue weighted by molar-refractivity contribution is 0.492. The second-order valence-electron chi connectivity index (χ2n) is 5.89. The van der Waals surface area contributed by atoms with Crippen LogP contribution in [0.1, 0.15) is 39.5 Å². The average Bonchev–Trinajstić information content (AvgIpc) is 2.42. The number of hydrogen-bond donors (Lipinski definition) is 1. The molecule has 1 heterocycles. The second kappa shape index (κ2) is 5.79. The second-order valence-corrected chi connectivity index (χ2v) is 9.67. The molecule has 0 saturated carbocycles. The number of halogens is 2. The maximum Gasteiger partial charge on any atom is 0.251 e. The van der Waals surface area contributed by atoms with E-state index in [1.807, 2.05) is 13.8 Å². The molecular formula is C12H19BrFNO2S2. The van der Waals surface area contributed by atoms with Crippen LogP contribution in [0.2, 0.25) is 0 Å². The molecule has 0 aliphatic heterocycles. The summed E-state index contributed by atoms with van der Waals surface area (Å²) in [5.41, 5.74) is -0.600. The van der Waals surface area contributed by atoms with Crippen molar-refractivity contribution in [2.45, 2.75) is 50.8 Å². The summed E-state index contributed by atoms with van der Waals surface area (Å²) >= 11 is 4.04. The molecule has 0 saturated heterocycles. The minimum absolute atomic E-state index is 0.00979. The molecular weight excluding hydrogens is 353 g/mol. The third-order valence-electron chi connectivity index (χ3n) is 2.11. The highest BCUT2D eigenvalue weighted by molar-refractivity contribution is 9.10. The fraction of sp³-hybridized carbons (Fsp3) is 0.667. The molecule has 110 valence electrons. The Bertz CT molecular complexity index is 559. The third kappa shape index (κ3) is 4.51. The molecule has 0 fully saturated rings. The number of sulfonamides is 1. The predicted molar refractivity (Wildman–Crippen MR) is 80.6 cm³/mol. The molecule has 0 bridgehead atoms. The minimum Gasteiger partial charge on any atom is -0.206 e. The maximum absolute atomic E-state index is 14.0. The van der Waals surface area contributed by atoms with Crippen LogP contribution < -0.4 is 4.72 Å². The van der Waals surface area contributed by atoms with Gasteiger partial charge in [0.1, 0.15) is 0 Å². The highest BCUT2D eigenvalue weighted by atomic mass is 79.9. The molecule has 0 aromatic carbocycles. The van der Waals surface area contributed by atoms with Crippen LogP contribution >= 0.6 is 27.3 Å². The van der Waals surface area contributed by atoms with Crippen LogP contribution in [-0.4, -0.2) is 14.0 Å². The van der Waals surface area contributed by atoms with Crippen LogP contribution in [0.5, 0.6) is 0 Å². The quantitative estimate of drug-likeness (QED) is 0.871. The van der Waals surface area contributed by atoms with E-state index < -0.39 is 21.4 Å². The topological polar surface area (TPSA) is 46.2 Å². The largest absolute Gasteiger partial charge is 0.251 e. The summed E-state index contributed by atoms with van der Waals surface area (Å²) in [7, 11) is -3.70. The van der Waals surface area contributed by atoms with Crippen molar-refractivity contribution in [1.29, 1.82) is 0 Å². The van der Waals surface area contributed by atoms with E-state index in [4.69, 9.17) is 0 Å². The van der Waals surface area contributed by atoms with E-state index in [2.05, 4.69) is 20.7 Å². The van der Waals surface area contributed by atoms with Crippen LogP contribution in [0.3, 0.4) is 0 Å². The van der Waals surface area contributed by atoms with Gasteiger partial charge in [-0.15, -0.1) is 11.3 Å². The molecule has 19 heavy (non-hydrogen) atoms. The van der Waals surface area contributed by atoms with E-state index in [0.29, 0.717) is 11.3 Å². The summed E-state index contributed by atoms with van der Waals surface area (Å²) in [6.07, 6.45) is 0.528. The Hall–Kier alpha value is 0.0200. The van der Waals surface area contributed by atoms with E-state index >= 15 is 0 Å². The van der Waals surface area contributed by atoms with Crippen molar-refractivity contribution in [3.05, 3.63) is 15.2 Å². The molecule has 7 heteroatoms. The van der Waals surface area contributed by atoms with Gasteiger partial charge in [-0.1, -0.05) is 13.8 Å². The van der Waals surface area contributed by atoms with Gasteiger partial charge in [0.2, 0.25) is 0 Å². The smallest absolute Gasteiger partial charge is 0.206 e. The van der Waals surface area contributed by atoms with Gasteiger partial charge in [0.25, 0.3) is 10.0 Å². The zero-order valence-electron chi connectivity index (χ0n) is 11.7. The molecule has 0 radical (unpaired) electrons. The van der Waals surface area contributed by atoms with Crippen molar-refractivity contribution in [2.24, 2.45) is 5.92 Å². The van der Waals surface area contributed by atoms with Crippen LogP contribution in [-0.2, 0) is 16.4 Å². The Kier molecular flexibility index (Phi) is 5.20. The van der Waals surface area contributed by atoms with Gasteiger partial charge in [-0.05, 0) is 49.0 Å². The molecule has 0 spiro atoms. The average molecular weight is 372 g/mol. The fourth-order valence-electron chi connectivity index (χ4n) is 1.54. The SMILES string of the molecule is CC(C)Cc1sc(S(=O)(=O)NC(C)(C)C)c(Br)c1F. The third-order valence-corrected chi connectivity index (χ3v) is 6.84. The predicted octanol–water partition coefficient (Wildman–Crippen LogP) is 3.93. The van der Waals surface area contributed by atoms with E-state index in [-0.39, 0.29) is 14.6 Å². The molecule has 1 aromatic heterocycles. The molecule has 0 aliphatic carbocycles. The van der Waals surface area contributed by atoms with Gasteiger partial charge < -0.3 is 0 Å². The van der Waals surface area contributed by atoms with Gasteiger partial charge in [-0.3, -0.25) is 0 Å². The van der Waals surface area contributed by atoms with Crippen molar-refractivity contribution in [3.8, 4) is 0 Å². The molecule has 0 amide bonds. The first-order valence-electron chi connectivity index (χ1n) is 5.94. The summed E-state index contributed by atoms with van der Waals surface area (Å²) in [6.45, 7) is 9.18. The van der Waals surface area contributed by atoms with Crippen LogP contribution in [0.4, 0.5) is 4.39 Å². The number of nitrogens with one attached hydrogen (secondary N) is 1. The summed E-state index contributed by atoms with van der Waals surface area (Å²) in [5, 5.41) is 0. The maximum atomic E-state index is 14.0. The fourth-order valence-corrected chi connectivity index (χ4v) is 5.89. The van der Waals surface area contributed by atoms with Crippen molar-refractivity contribution < 1.29 is 12.8 Å². The summed E-state index contributed by atoms with van der Waals surface area (Å²) in [5.74, 6) is -0.195. The van der Waals surface area contributed by atoms with Crippen LogP contribution in [0, 0.1) is 11.7 Å². The summed E-state index contributed by atoms with van der Waals surface area (Å²) in [6, 6.07) is 0. The number of rotatable bonds is 4. The van der Waals surface area contributed by atoms with Crippen LogP contribution in [0.15, 0.2) is 8.68 Å². The van der Waals surface area contributed by atoms with Gasteiger partial charge in [-0.2, -0.15) is 0 Å². The van der Waals surface area contributed by atoms with Crippen LogP contribution in [0.25, 0.3) is 0 Å². The molecule has 1 rings (SSSR count). The van der Waals surface area contributed by atoms with Gasteiger partial charge in [0, 0.05) is 10.4 Å². The van der Waals surface area contributed by atoms with E-state index in [1.54, 1.807) is 20.8 Å². The monoisotopic (exact) mass is 371 g/mol. The minimum atomic E-state index is -3.70. The van der Waals surface area contributed by atoms with Gasteiger partial charge in [0.15, 0.2) is 10.0 Å². The first kappa shape index (κ1) is 17.1. The van der Waals surface area contributed by atoms with E-state index in [0.717, 1.165) is 11.3 Å². The van der Waals surface area contributed by atoms with Gasteiger partial charge in [0.05, 0.1) is 4.47 Å². The van der Waals surface area contributed by atoms with Crippen molar-refractivity contribution >= 4 is 37.3 Å². The van der Waals surface area contributed by atoms with Crippen molar-refractivity contribution in [2.75, 3.05) is 0 Å². The molecule has 0 atom stereocenters. The lowest BCUT2D eigenvalue weighted by Gasteiger charge is -2.19. The Morgan fingerprint density at radius 3 is 2.32 bits per heavy atom. The van der Waals surface area contributed by atoms with Crippen molar-refractivity contribution in [1.82, 2.24) is 4.72 Å². The first-order valence-corrected chi connectivity index (χ1v) is 9.04. The Morgan fingerprint density at radius 1 is 1.37 bits per heavy atom. The van der Waals surface area contributed by atoms with Crippen molar-refractivity contribution in [3.63, 3.8) is 0 Å². The molecule has 0 unspecified atom stereocenters. The number of thiophene rings is 1. The van der Waals surface area contributed by atoms with E-state index in [9.17, 15) is 12.8 Å².